The highest BCUT2D eigenvalue weighted by molar-refractivity contribution is 5.78. The van der Waals surface area contributed by atoms with E-state index in [2.05, 4.69) is 23.5 Å². The summed E-state index contributed by atoms with van der Waals surface area (Å²) >= 11 is 0. The average molecular weight is 277 g/mol. The van der Waals surface area contributed by atoms with Gasteiger partial charge < -0.3 is 10.4 Å². The van der Waals surface area contributed by atoms with Crippen molar-refractivity contribution in [3.8, 4) is 0 Å². The van der Waals surface area contributed by atoms with E-state index < -0.39 is 0 Å². The number of aliphatic hydroxyl groups is 1. The van der Waals surface area contributed by atoms with Gasteiger partial charge in [0, 0.05) is 13.2 Å². The number of carbonyl (C=O) groups excluding carboxylic acids is 1. The Morgan fingerprint density at radius 2 is 2.00 bits per heavy atom. The van der Waals surface area contributed by atoms with Crippen molar-refractivity contribution in [2.24, 2.45) is 5.41 Å². The van der Waals surface area contributed by atoms with Crippen LogP contribution >= 0.6 is 0 Å². The van der Waals surface area contributed by atoms with Gasteiger partial charge in [-0.3, -0.25) is 4.79 Å². The quantitative estimate of drug-likeness (QED) is 0.753. The maximum Gasteiger partial charge on any atom is 0.224 e. The molecule has 0 bridgehead atoms. The van der Waals surface area contributed by atoms with Gasteiger partial charge in [-0.05, 0) is 43.2 Å². The van der Waals surface area contributed by atoms with Crippen LogP contribution in [0.2, 0.25) is 0 Å². The van der Waals surface area contributed by atoms with Crippen LogP contribution in [0.3, 0.4) is 0 Å². The Morgan fingerprint density at radius 1 is 1.30 bits per heavy atom. The Kier molecular flexibility index (Phi) is 6.21. The van der Waals surface area contributed by atoms with E-state index in [0.29, 0.717) is 13.0 Å². The number of nitrogens with one attached hydrogen (secondary N) is 1. The molecule has 112 valence electrons. The van der Waals surface area contributed by atoms with Gasteiger partial charge in [-0.15, -0.1) is 0 Å². The Labute approximate surface area is 122 Å². The summed E-state index contributed by atoms with van der Waals surface area (Å²) in [7, 11) is 0. The molecule has 0 fully saturated rings. The molecule has 3 nitrogen and oxygen atoms in total. The van der Waals surface area contributed by atoms with E-state index in [0.717, 1.165) is 24.0 Å². The fourth-order valence-electron chi connectivity index (χ4n) is 2.10. The highest BCUT2D eigenvalue weighted by Crippen LogP contribution is 2.20. The average Bonchev–Trinajstić information content (AvgIpc) is 2.39. The van der Waals surface area contributed by atoms with Crippen LogP contribution in [0.25, 0.3) is 0 Å². The maximum atomic E-state index is 11.9. The number of rotatable bonds is 7. The number of amides is 1. The lowest BCUT2D eigenvalue weighted by molar-refractivity contribution is -0.120. The number of carbonyl (C=O) groups is 1. The first-order valence-corrected chi connectivity index (χ1v) is 7.28. The standard InChI is InChI=1S/C17H27NO2/c1-13-6-7-14(2)15(10-13)11-16(20)18-9-5-8-17(3,4)12-19/h6-7,10,19H,5,8-9,11-12H2,1-4H3,(H,18,20). The van der Waals surface area contributed by atoms with E-state index in [1.54, 1.807) is 0 Å². The second-order valence-corrected chi connectivity index (χ2v) is 6.38. The predicted octanol–water partition coefficient (Wildman–Crippen LogP) is 2.76. The molecule has 2 N–H and O–H groups in total. The predicted molar refractivity (Wildman–Crippen MR) is 82.7 cm³/mol. The van der Waals surface area contributed by atoms with Crippen LogP contribution in [-0.2, 0) is 11.2 Å². The summed E-state index contributed by atoms with van der Waals surface area (Å²) in [6, 6.07) is 6.19. The summed E-state index contributed by atoms with van der Waals surface area (Å²) < 4.78 is 0. The van der Waals surface area contributed by atoms with Gasteiger partial charge in [-0.2, -0.15) is 0 Å². The fraction of sp³-hybridized carbons (Fsp3) is 0.588. The topological polar surface area (TPSA) is 49.3 Å². The zero-order chi connectivity index (χ0) is 15.2. The molecule has 0 aliphatic carbocycles. The molecule has 0 heterocycles. The second kappa shape index (κ2) is 7.44. The summed E-state index contributed by atoms with van der Waals surface area (Å²) in [5.41, 5.74) is 3.38. The fourth-order valence-corrected chi connectivity index (χ4v) is 2.10. The van der Waals surface area contributed by atoms with Gasteiger partial charge in [0.1, 0.15) is 0 Å². The van der Waals surface area contributed by atoms with Crippen molar-refractivity contribution in [3.05, 3.63) is 34.9 Å². The van der Waals surface area contributed by atoms with Crippen LogP contribution in [0.15, 0.2) is 18.2 Å². The molecule has 0 unspecified atom stereocenters. The second-order valence-electron chi connectivity index (χ2n) is 6.38. The van der Waals surface area contributed by atoms with E-state index in [1.807, 2.05) is 27.7 Å². The molecular weight excluding hydrogens is 250 g/mol. The van der Waals surface area contributed by atoms with Crippen molar-refractivity contribution >= 4 is 5.91 Å². The molecule has 1 aromatic carbocycles. The molecule has 1 aromatic rings. The monoisotopic (exact) mass is 277 g/mol. The summed E-state index contributed by atoms with van der Waals surface area (Å²) in [4.78, 5) is 11.9. The van der Waals surface area contributed by atoms with Gasteiger partial charge in [-0.25, -0.2) is 0 Å². The van der Waals surface area contributed by atoms with Crippen LogP contribution in [-0.4, -0.2) is 24.2 Å². The third-order valence-electron chi connectivity index (χ3n) is 3.64. The van der Waals surface area contributed by atoms with E-state index in [1.165, 1.54) is 5.56 Å². The van der Waals surface area contributed by atoms with Crippen LogP contribution in [0.5, 0.6) is 0 Å². The Balaban J connectivity index is 2.36. The molecule has 0 aromatic heterocycles. The highest BCUT2D eigenvalue weighted by atomic mass is 16.3. The largest absolute Gasteiger partial charge is 0.396 e. The normalized spacial score (nSPS) is 11.4. The molecule has 1 rings (SSSR count). The minimum absolute atomic E-state index is 0.0577. The van der Waals surface area contributed by atoms with Crippen LogP contribution in [0, 0.1) is 19.3 Å². The van der Waals surface area contributed by atoms with Crippen molar-refractivity contribution in [3.63, 3.8) is 0 Å². The minimum atomic E-state index is -0.0577. The van der Waals surface area contributed by atoms with E-state index in [-0.39, 0.29) is 17.9 Å². The van der Waals surface area contributed by atoms with Crippen molar-refractivity contribution in [2.75, 3.05) is 13.2 Å². The molecular formula is C17H27NO2. The van der Waals surface area contributed by atoms with Gasteiger partial charge in [0.25, 0.3) is 0 Å². The maximum absolute atomic E-state index is 11.9. The molecule has 0 aliphatic heterocycles. The van der Waals surface area contributed by atoms with Gasteiger partial charge in [-0.1, -0.05) is 37.6 Å². The highest BCUT2D eigenvalue weighted by Gasteiger charge is 2.15. The molecule has 0 saturated heterocycles. The third kappa shape index (κ3) is 5.74. The van der Waals surface area contributed by atoms with Crippen LogP contribution in [0.1, 0.15) is 43.4 Å². The van der Waals surface area contributed by atoms with Crippen LogP contribution < -0.4 is 5.32 Å². The lowest BCUT2D eigenvalue weighted by Crippen LogP contribution is -2.28. The number of benzene rings is 1. The number of hydrogen-bond acceptors (Lipinski definition) is 2. The molecule has 0 radical (unpaired) electrons. The number of hydrogen-bond donors (Lipinski definition) is 2. The molecule has 3 heteroatoms. The first kappa shape index (κ1) is 16.7. The Morgan fingerprint density at radius 3 is 2.65 bits per heavy atom. The van der Waals surface area contributed by atoms with Crippen molar-refractivity contribution in [1.29, 1.82) is 0 Å². The Hall–Kier alpha value is -1.35. The van der Waals surface area contributed by atoms with E-state index in [4.69, 9.17) is 5.11 Å². The van der Waals surface area contributed by atoms with Gasteiger partial charge in [0.2, 0.25) is 5.91 Å². The summed E-state index contributed by atoms with van der Waals surface area (Å²) in [6.45, 7) is 9.00. The summed E-state index contributed by atoms with van der Waals surface area (Å²) in [5, 5.41) is 12.1. The van der Waals surface area contributed by atoms with E-state index >= 15 is 0 Å². The molecule has 0 atom stereocenters. The van der Waals surface area contributed by atoms with Gasteiger partial charge in [0.15, 0.2) is 0 Å². The third-order valence-corrected chi connectivity index (χ3v) is 3.64. The lowest BCUT2D eigenvalue weighted by atomic mass is 9.89. The van der Waals surface area contributed by atoms with Crippen molar-refractivity contribution in [1.82, 2.24) is 5.32 Å². The molecule has 0 saturated carbocycles. The minimum Gasteiger partial charge on any atom is -0.396 e. The number of aliphatic hydroxyl groups excluding tert-OH is 1. The zero-order valence-electron chi connectivity index (χ0n) is 13.1. The molecule has 20 heavy (non-hydrogen) atoms. The van der Waals surface area contributed by atoms with Crippen LogP contribution in [0.4, 0.5) is 0 Å². The first-order valence-electron chi connectivity index (χ1n) is 7.28. The molecule has 1 amide bonds. The molecule has 0 aliphatic rings. The van der Waals surface area contributed by atoms with E-state index in [9.17, 15) is 4.79 Å². The SMILES string of the molecule is Cc1ccc(C)c(CC(=O)NCCCC(C)(C)CO)c1. The summed E-state index contributed by atoms with van der Waals surface area (Å²) in [5.74, 6) is 0.0699. The lowest BCUT2D eigenvalue weighted by Gasteiger charge is -2.21. The summed E-state index contributed by atoms with van der Waals surface area (Å²) in [6.07, 6.45) is 2.25. The van der Waals surface area contributed by atoms with Crippen molar-refractivity contribution in [2.45, 2.75) is 47.0 Å². The smallest absolute Gasteiger partial charge is 0.224 e. The zero-order valence-corrected chi connectivity index (χ0v) is 13.1. The van der Waals surface area contributed by atoms with Gasteiger partial charge >= 0.3 is 0 Å². The Bertz CT molecular complexity index is 452. The van der Waals surface area contributed by atoms with Crippen molar-refractivity contribution < 1.29 is 9.90 Å². The number of aryl methyl sites for hydroxylation is 2. The molecule has 0 spiro atoms. The first-order chi connectivity index (χ1) is 9.34. The van der Waals surface area contributed by atoms with Gasteiger partial charge in [0.05, 0.1) is 6.42 Å².